The van der Waals surface area contributed by atoms with Gasteiger partial charge in [-0.05, 0) is 62.4 Å². The fourth-order valence-electron chi connectivity index (χ4n) is 2.13. The molecule has 0 aromatic heterocycles. The molecular formula is C18H21N3O6S. The predicted molar refractivity (Wildman–Crippen MR) is 101 cm³/mol. The summed E-state index contributed by atoms with van der Waals surface area (Å²) in [7, 11) is -3.84. The summed E-state index contributed by atoms with van der Waals surface area (Å²) in [4.78, 5) is 24.0. The van der Waals surface area contributed by atoms with Gasteiger partial charge in [-0.15, -0.1) is 0 Å². The number of carbonyl (C=O) groups excluding carboxylic acids is 2. The monoisotopic (exact) mass is 407 g/mol. The van der Waals surface area contributed by atoms with Crippen LogP contribution in [-0.4, -0.2) is 32.9 Å². The Balaban J connectivity index is 1.87. The van der Waals surface area contributed by atoms with Gasteiger partial charge in [-0.3, -0.25) is 20.4 Å². The van der Waals surface area contributed by atoms with E-state index >= 15 is 0 Å². The summed E-state index contributed by atoms with van der Waals surface area (Å²) in [5, 5.41) is 4.99. The summed E-state index contributed by atoms with van der Waals surface area (Å²) in [5.41, 5.74) is 4.62. The van der Waals surface area contributed by atoms with Crippen LogP contribution in [0, 0.1) is 0 Å². The normalized spacial score (nSPS) is 12.0. The Morgan fingerprint density at radius 2 is 1.57 bits per heavy atom. The maximum atomic E-state index is 12.1. The fraction of sp³-hybridized carbons (Fsp3) is 0.222. The average molecular weight is 407 g/mol. The Morgan fingerprint density at radius 1 is 1.00 bits per heavy atom. The molecule has 0 aliphatic rings. The Labute approximate surface area is 162 Å². The van der Waals surface area contributed by atoms with Crippen LogP contribution in [0.15, 0.2) is 53.4 Å². The molecule has 0 bridgehead atoms. The molecule has 4 N–H and O–H groups in total. The van der Waals surface area contributed by atoms with Crippen molar-refractivity contribution in [2.75, 3.05) is 6.61 Å². The molecule has 0 fully saturated rings. The second-order valence-electron chi connectivity index (χ2n) is 5.68. The number of hydrazine groups is 1. The lowest BCUT2D eigenvalue weighted by atomic mass is 10.2. The number of primary sulfonamides is 1. The summed E-state index contributed by atoms with van der Waals surface area (Å²) in [5.74, 6) is -0.0327. The zero-order valence-electron chi connectivity index (χ0n) is 15.3. The fourth-order valence-corrected chi connectivity index (χ4v) is 2.64. The number of carbonyl (C=O) groups is 2. The van der Waals surface area contributed by atoms with E-state index in [0.29, 0.717) is 18.1 Å². The highest BCUT2D eigenvalue weighted by Gasteiger charge is 2.16. The number of sulfonamides is 1. The highest BCUT2D eigenvalue weighted by Crippen LogP contribution is 2.18. The molecule has 2 rings (SSSR count). The van der Waals surface area contributed by atoms with Gasteiger partial charge in [-0.25, -0.2) is 13.6 Å². The van der Waals surface area contributed by atoms with E-state index in [1.54, 1.807) is 24.3 Å². The largest absolute Gasteiger partial charge is 0.494 e. The van der Waals surface area contributed by atoms with Gasteiger partial charge in [-0.1, -0.05) is 0 Å². The van der Waals surface area contributed by atoms with Crippen LogP contribution in [0.1, 0.15) is 24.2 Å². The first kappa shape index (κ1) is 21.2. The number of benzene rings is 2. The van der Waals surface area contributed by atoms with Crippen LogP contribution in [-0.2, 0) is 14.8 Å². The quantitative estimate of drug-likeness (QED) is 0.585. The summed E-state index contributed by atoms with van der Waals surface area (Å²) in [6.07, 6.45) is -0.872. The molecule has 1 atom stereocenters. The van der Waals surface area contributed by atoms with Gasteiger partial charge in [0, 0.05) is 5.56 Å². The van der Waals surface area contributed by atoms with E-state index in [0.717, 1.165) is 0 Å². The summed E-state index contributed by atoms with van der Waals surface area (Å²) in [6.45, 7) is 3.95. The van der Waals surface area contributed by atoms with E-state index in [-0.39, 0.29) is 10.5 Å². The van der Waals surface area contributed by atoms with Crippen LogP contribution in [0.5, 0.6) is 11.5 Å². The Morgan fingerprint density at radius 3 is 2.11 bits per heavy atom. The van der Waals surface area contributed by atoms with E-state index in [1.807, 2.05) is 6.92 Å². The van der Waals surface area contributed by atoms with Gasteiger partial charge in [0.15, 0.2) is 6.10 Å². The van der Waals surface area contributed by atoms with Crippen LogP contribution in [0.2, 0.25) is 0 Å². The molecule has 0 saturated carbocycles. The van der Waals surface area contributed by atoms with E-state index in [2.05, 4.69) is 10.9 Å². The van der Waals surface area contributed by atoms with Crippen molar-refractivity contribution >= 4 is 21.8 Å². The molecule has 0 spiro atoms. The van der Waals surface area contributed by atoms with Gasteiger partial charge < -0.3 is 9.47 Å². The number of hydrogen-bond acceptors (Lipinski definition) is 6. The van der Waals surface area contributed by atoms with Gasteiger partial charge in [0.25, 0.3) is 11.8 Å². The molecule has 28 heavy (non-hydrogen) atoms. The smallest absolute Gasteiger partial charge is 0.279 e. The number of ether oxygens (including phenoxy) is 2. The number of hydrogen-bond donors (Lipinski definition) is 3. The van der Waals surface area contributed by atoms with Crippen LogP contribution >= 0.6 is 0 Å². The number of amides is 2. The summed E-state index contributed by atoms with van der Waals surface area (Å²) >= 11 is 0. The van der Waals surface area contributed by atoms with Crippen molar-refractivity contribution in [1.82, 2.24) is 10.9 Å². The Kier molecular flexibility index (Phi) is 6.96. The van der Waals surface area contributed by atoms with Crippen molar-refractivity contribution in [2.24, 2.45) is 5.14 Å². The second kappa shape index (κ2) is 9.20. The average Bonchev–Trinajstić information content (AvgIpc) is 2.67. The van der Waals surface area contributed by atoms with Crippen molar-refractivity contribution in [3.05, 3.63) is 54.1 Å². The standard InChI is InChI=1S/C18H21N3O6S/c1-3-26-14-6-8-15(9-7-14)27-12(2)17(22)20-21-18(23)13-4-10-16(11-5-13)28(19,24)25/h4-12H,3H2,1-2H3,(H,20,22)(H,21,23)(H2,19,24,25). The third kappa shape index (κ3) is 5.96. The molecule has 0 heterocycles. The highest BCUT2D eigenvalue weighted by atomic mass is 32.2. The van der Waals surface area contributed by atoms with Crippen LogP contribution < -0.4 is 25.5 Å². The molecule has 0 saturated heterocycles. The molecule has 0 radical (unpaired) electrons. The molecule has 0 aliphatic heterocycles. The van der Waals surface area contributed by atoms with Gasteiger partial charge >= 0.3 is 0 Å². The van der Waals surface area contributed by atoms with Crippen LogP contribution in [0.4, 0.5) is 0 Å². The maximum absolute atomic E-state index is 12.1. The number of nitrogens with two attached hydrogens (primary N) is 1. The van der Waals surface area contributed by atoms with Gasteiger partial charge in [0.2, 0.25) is 10.0 Å². The maximum Gasteiger partial charge on any atom is 0.279 e. The van der Waals surface area contributed by atoms with Gasteiger partial charge in [0.05, 0.1) is 11.5 Å². The van der Waals surface area contributed by atoms with Crippen LogP contribution in [0.3, 0.4) is 0 Å². The first-order chi connectivity index (χ1) is 13.2. The minimum absolute atomic E-state index is 0.120. The second-order valence-corrected chi connectivity index (χ2v) is 7.24. The lowest BCUT2D eigenvalue weighted by Gasteiger charge is -2.15. The van der Waals surface area contributed by atoms with Gasteiger partial charge in [0.1, 0.15) is 11.5 Å². The molecule has 1 unspecified atom stereocenters. The van der Waals surface area contributed by atoms with E-state index < -0.39 is 27.9 Å². The zero-order chi connectivity index (χ0) is 20.7. The van der Waals surface area contributed by atoms with E-state index in [1.165, 1.54) is 31.2 Å². The third-order valence-corrected chi connectivity index (χ3v) is 4.49. The van der Waals surface area contributed by atoms with Crippen molar-refractivity contribution in [3.8, 4) is 11.5 Å². The van der Waals surface area contributed by atoms with E-state index in [9.17, 15) is 18.0 Å². The lowest BCUT2D eigenvalue weighted by molar-refractivity contribution is -0.128. The highest BCUT2D eigenvalue weighted by molar-refractivity contribution is 7.89. The summed E-state index contributed by atoms with van der Waals surface area (Å²) in [6, 6.07) is 11.7. The molecule has 9 nitrogen and oxygen atoms in total. The minimum Gasteiger partial charge on any atom is -0.494 e. The molecular weight excluding hydrogens is 386 g/mol. The first-order valence-corrected chi connectivity index (χ1v) is 9.88. The van der Waals surface area contributed by atoms with Crippen LogP contribution in [0.25, 0.3) is 0 Å². The topological polar surface area (TPSA) is 137 Å². The zero-order valence-corrected chi connectivity index (χ0v) is 16.2. The number of rotatable bonds is 7. The minimum atomic E-state index is -3.84. The molecule has 10 heteroatoms. The Bertz CT molecular complexity index is 927. The summed E-state index contributed by atoms with van der Waals surface area (Å²) < 4.78 is 33.2. The SMILES string of the molecule is CCOc1ccc(OC(C)C(=O)NNC(=O)c2ccc(S(N)(=O)=O)cc2)cc1. The molecule has 2 aromatic rings. The van der Waals surface area contributed by atoms with Crippen molar-refractivity contribution in [2.45, 2.75) is 24.8 Å². The van der Waals surface area contributed by atoms with E-state index in [4.69, 9.17) is 14.6 Å². The predicted octanol–water partition coefficient (Wildman–Crippen LogP) is 0.961. The van der Waals surface area contributed by atoms with Crippen molar-refractivity contribution < 1.29 is 27.5 Å². The lowest BCUT2D eigenvalue weighted by Crippen LogP contribution is -2.47. The van der Waals surface area contributed by atoms with Gasteiger partial charge in [-0.2, -0.15) is 0 Å². The third-order valence-electron chi connectivity index (χ3n) is 3.56. The Hall–Kier alpha value is -3.11. The molecule has 150 valence electrons. The number of nitrogens with one attached hydrogen (secondary N) is 2. The molecule has 0 aliphatic carbocycles. The van der Waals surface area contributed by atoms with Crippen molar-refractivity contribution in [3.63, 3.8) is 0 Å². The molecule has 2 amide bonds. The molecule has 2 aromatic carbocycles. The first-order valence-electron chi connectivity index (χ1n) is 8.33. The van der Waals surface area contributed by atoms with Crippen molar-refractivity contribution in [1.29, 1.82) is 0 Å².